The van der Waals surface area contributed by atoms with Crippen molar-refractivity contribution in [2.75, 3.05) is 26.2 Å². The van der Waals surface area contributed by atoms with Crippen LogP contribution in [0, 0.1) is 5.92 Å². The molecule has 2 fully saturated rings. The van der Waals surface area contributed by atoms with E-state index in [-0.39, 0.29) is 41.8 Å². The van der Waals surface area contributed by atoms with Gasteiger partial charge in [-0.05, 0) is 50.8 Å². The van der Waals surface area contributed by atoms with Gasteiger partial charge in [-0.3, -0.25) is 9.59 Å². The molecular weight excluding hydrogens is 505 g/mol. The number of carbonyl (C=O) groups is 2. The first-order valence-corrected chi connectivity index (χ1v) is 11.3. The van der Waals surface area contributed by atoms with Crippen LogP contribution in [0.2, 0.25) is 0 Å². The Bertz CT molecular complexity index is 747. The second-order valence-corrected chi connectivity index (χ2v) is 8.15. The summed E-state index contributed by atoms with van der Waals surface area (Å²) in [6, 6.07) is 7.78. The molecule has 172 valence electrons. The molecule has 2 aliphatic rings. The SMILES string of the molecule is CCNC(=O)c1ccc(CN=C(NCC)NC2CCN(C(=O)C3CCCC3)C2)cc1.I. The van der Waals surface area contributed by atoms with E-state index in [2.05, 4.69) is 16.0 Å². The summed E-state index contributed by atoms with van der Waals surface area (Å²) in [4.78, 5) is 31.2. The van der Waals surface area contributed by atoms with Crippen LogP contribution in [0.4, 0.5) is 0 Å². The minimum absolute atomic E-state index is 0. The second kappa shape index (κ2) is 12.9. The summed E-state index contributed by atoms with van der Waals surface area (Å²) in [5.74, 6) is 1.30. The molecule has 31 heavy (non-hydrogen) atoms. The molecule has 0 radical (unpaired) electrons. The van der Waals surface area contributed by atoms with Crippen LogP contribution in [0.1, 0.15) is 61.9 Å². The lowest BCUT2D eigenvalue weighted by molar-refractivity contribution is -0.134. The molecule has 3 N–H and O–H groups in total. The smallest absolute Gasteiger partial charge is 0.251 e. The standard InChI is InChI=1S/C23H35N5O2.HI/c1-3-24-21(29)18-11-9-17(10-12-18)15-26-23(25-4-2)27-20-13-14-28(16-20)22(30)19-7-5-6-8-19;/h9-12,19-20H,3-8,13-16H2,1-2H3,(H,24,29)(H2,25,26,27);1H. The monoisotopic (exact) mass is 541 g/mol. The Hall–Kier alpha value is -1.84. The summed E-state index contributed by atoms with van der Waals surface area (Å²) >= 11 is 0. The van der Waals surface area contributed by atoms with Crippen molar-refractivity contribution in [3.8, 4) is 0 Å². The normalized spacial score (nSPS) is 19.1. The molecule has 0 spiro atoms. The lowest BCUT2D eigenvalue weighted by Crippen LogP contribution is -2.45. The van der Waals surface area contributed by atoms with Crippen LogP contribution in [-0.2, 0) is 11.3 Å². The number of rotatable bonds is 7. The summed E-state index contributed by atoms with van der Waals surface area (Å²) in [6.45, 7) is 7.46. The number of halogens is 1. The van der Waals surface area contributed by atoms with E-state index < -0.39 is 0 Å². The van der Waals surface area contributed by atoms with Crippen LogP contribution in [0.15, 0.2) is 29.3 Å². The lowest BCUT2D eigenvalue weighted by Gasteiger charge is -2.21. The number of nitrogens with zero attached hydrogens (tertiary/aromatic N) is 2. The van der Waals surface area contributed by atoms with Gasteiger partial charge in [-0.2, -0.15) is 0 Å². The van der Waals surface area contributed by atoms with Gasteiger partial charge in [0.15, 0.2) is 5.96 Å². The van der Waals surface area contributed by atoms with E-state index in [1.54, 1.807) is 0 Å². The van der Waals surface area contributed by atoms with Gasteiger partial charge < -0.3 is 20.9 Å². The largest absolute Gasteiger partial charge is 0.357 e. The fraction of sp³-hybridized carbons (Fsp3) is 0.609. The van der Waals surface area contributed by atoms with Crippen molar-refractivity contribution >= 4 is 41.8 Å². The second-order valence-electron chi connectivity index (χ2n) is 8.15. The van der Waals surface area contributed by atoms with Gasteiger partial charge in [0.05, 0.1) is 6.54 Å². The van der Waals surface area contributed by atoms with Crippen molar-refractivity contribution < 1.29 is 9.59 Å². The zero-order chi connectivity index (χ0) is 21.3. The van der Waals surface area contributed by atoms with E-state index in [4.69, 9.17) is 4.99 Å². The summed E-state index contributed by atoms with van der Waals surface area (Å²) in [6.07, 6.45) is 5.43. The Morgan fingerprint density at radius 2 is 1.71 bits per heavy atom. The fourth-order valence-corrected chi connectivity index (χ4v) is 4.22. The van der Waals surface area contributed by atoms with Crippen LogP contribution in [0.5, 0.6) is 0 Å². The number of aliphatic imine (C=N–C) groups is 1. The van der Waals surface area contributed by atoms with Gasteiger partial charge in [0.1, 0.15) is 0 Å². The molecule has 0 aromatic heterocycles. The summed E-state index contributed by atoms with van der Waals surface area (Å²) < 4.78 is 0. The van der Waals surface area contributed by atoms with Crippen molar-refractivity contribution in [2.24, 2.45) is 10.9 Å². The Morgan fingerprint density at radius 3 is 2.35 bits per heavy atom. The molecule has 3 rings (SSSR count). The zero-order valence-corrected chi connectivity index (χ0v) is 21.0. The quantitative estimate of drug-likeness (QED) is 0.282. The summed E-state index contributed by atoms with van der Waals surface area (Å²) in [5.41, 5.74) is 1.71. The molecule has 2 amide bonds. The first kappa shape index (κ1) is 25.4. The lowest BCUT2D eigenvalue weighted by atomic mass is 10.1. The number of hydrogen-bond acceptors (Lipinski definition) is 3. The Labute approximate surface area is 202 Å². The number of amides is 2. The molecular formula is C23H36IN5O2. The van der Waals surface area contributed by atoms with E-state index in [1.165, 1.54) is 12.8 Å². The van der Waals surface area contributed by atoms with E-state index in [0.717, 1.165) is 50.4 Å². The molecule has 1 aliphatic heterocycles. The maximum absolute atomic E-state index is 12.7. The predicted molar refractivity (Wildman–Crippen MR) is 135 cm³/mol. The van der Waals surface area contributed by atoms with E-state index >= 15 is 0 Å². The van der Waals surface area contributed by atoms with Crippen molar-refractivity contribution in [1.29, 1.82) is 0 Å². The molecule has 1 saturated heterocycles. The van der Waals surface area contributed by atoms with Gasteiger partial charge in [-0.15, -0.1) is 24.0 Å². The third-order valence-corrected chi connectivity index (χ3v) is 5.86. The highest BCUT2D eigenvalue weighted by Crippen LogP contribution is 2.27. The van der Waals surface area contributed by atoms with Crippen LogP contribution < -0.4 is 16.0 Å². The maximum atomic E-state index is 12.7. The van der Waals surface area contributed by atoms with Crippen molar-refractivity contribution in [2.45, 2.75) is 58.5 Å². The number of benzene rings is 1. The molecule has 1 heterocycles. The summed E-state index contributed by atoms with van der Waals surface area (Å²) in [7, 11) is 0. The van der Waals surface area contributed by atoms with Crippen LogP contribution >= 0.6 is 24.0 Å². The number of likely N-dealkylation sites (tertiary alicyclic amines) is 1. The van der Waals surface area contributed by atoms with Gasteiger partial charge in [0.25, 0.3) is 5.91 Å². The maximum Gasteiger partial charge on any atom is 0.251 e. The highest BCUT2D eigenvalue weighted by Gasteiger charge is 2.32. The predicted octanol–water partition coefficient (Wildman–Crippen LogP) is 2.90. The van der Waals surface area contributed by atoms with Crippen LogP contribution in [0.3, 0.4) is 0 Å². The van der Waals surface area contributed by atoms with Gasteiger partial charge >= 0.3 is 0 Å². The van der Waals surface area contributed by atoms with Gasteiger partial charge in [0.2, 0.25) is 5.91 Å². The van der Waals surface area contributed by atoms with Gasteiger partial charge in [-0.1, -0.05) is 25.0 Å². The molecule has 7 nitrogen and oxygen atoms in total. The van der Waals surface area contributed by atoms with Crippen LogP contribution in [-0.4, -0.2) is 54.9 Å². The highest BCUT2D eigenvalue weighted by atomic mass is 127. The minimum atomic E-state index is -0.0551. The Kier molecular flexibility index (Phi) is 10.6. The molecule has 8 heteroatoms. The van der Waals surface area contributed by atoms with Crippen molar-refractivity contribution in [1.82, 2.24) is 20.9 Å². The first-order chi connectivity index (χ1) is 14.6. The fourth-order valence-electron chi connectivity index (χ4n) is 4.22. The third kappa shape index (κ3) is 7.36. The highest BCUT2D eigenvalue weighted by molar-refractivity contribution is 14.0. The number of hydrogen-bond donors (Lipinski definition) is 3. The summed E-state index contributed by atoms with van der Waals surface area (Å²) in [5, 5.41) is 9.59. The van der Waals surface area contributed by atoms with Crippen molar-refractivity contribution in [3.05, 3.63) is 35.4 Å². The molecule has 1 aromatic rings. The van der Waals surface area contributed by atoms with Crippen molar-refractivity contribution in [3.63, 3.8) is 0 Å². The minimum Gasteiger partial charge on any atom is -0.357 e. The Balaban J connectivity index is 0.00000341. The topological polar surface area (TPSA) is 85.8 Å². The molecule has 1 aliphatic carbocycles. The van der Waals surface area contributed by atoms with Gasteiger partial charge in [-0.25, -0.2) is 4.99 Å². The average Bonchev–Trinajstić information content (AvgIpc) is 3.45. The third-order valence-electron chi connectivity index (χ3n) is 5.86. The molecule has 1 unspecified atom stereocenters. The molecule has 1 aromatic carbocycles. The van der Waals surface area contributed by atoms with Crippen LogP contribution in [0.25, 0.3) is 0 Å². The molecule has 0 bridgehead atoms. The van der Waals surface area contributed by atoms with Gasteiger partial charge in [0, 0.05) is 43.7 Å². The Morgan fingerprint density at radius 1 is 1.03 bits per heavy atom. The number of nitrogens with one attached hydrogen (secondary N) is 3. The molecule has 1 saturated carbocycles. The average molecular weight is 541 g/mol. The number of carbonyl (C=O) groups excluding carboxylic acids is 2. The number of guanidine groups is 1. The van der Waals surface area contributed by atoms with E-state index in [1.807, 2.05) is 43.0 Å². The van der Waals surface area contributed by atoms with E-state index in [9.17, 15) is 9.59 Å². The first-order valence-electron chi connectivity index (χ1n) is 11.3. The molecule has 1 atom stereocenters. The zero-order valence-electron chi connectivity index (χ0n) is 18.7. The van der Waals surface area contributed by atoms with E-state index in [0.29, 0.717) is 24.6 Å².